The Bertz CT molecular complexity index is 869. The molecule has 0 fully saturated rings. The summed E-state index contributed by atoms with van der Waals surface area (Å²) in [6.45, 7) is 4.38. The van der Waals surface area contributed by atoms with Gasteiger partial charge in [0.2, 0.25) is 5.91 Å². The van der Waals surface area contributed by atoms with Crippen LogP contribution in [0, 0.1) is 5.92 Å². The van der Waals surface area contributed by atoms with Crippen molar-refractivity contribution in [3.63, 3.8) is 0 Å². The number of carbonyl (C=O) groups excluding carboxylic acids is 2. The Hall–Kier alpha value is -2.67. The van der Waals surface area contributed by atoms with Gasteiger partial charge in [0.1, 0.15) is 11.9 Å². The van der Waals surface area contributed by atoms with Crippen molar-refractivity contribution in [3.05, 3.63) is 52.5 Å². The van der Waals surface area contributed by atoms with E-state index in [1.807, 2.05) is 49.6 Å². The monoisotopic (exact) mass is 384 g/mol. The van der Waals surface area contributed by atoms with Gasteiger partial charge in [0.05, 0.1) is 15.9 Å². The number of rotatable bonds is 8. The number of nitrogens with one attached hydrogen (secondary N) is 3. The Morgan fingerprint density at radius 2 is 2.00 bits per heavy atom. The standard InChI is InChI=1S/C20H24N4O2S/c1-13(2)18(24-19(25)16-9-6-12-27-16)20(26)21-11-5-10-17-22-14-7-3-4-8-15(14)23-17/h3-4,6-9,12-13,18H,5,10-11H2,1-2H3,(H,21,26)(H,22,23)(H,24,25). The van der Waals surface area contributed by atoms with Crippen molar-refractivity contribution >= 4 is 34.2 Å². The number of benzene rings is 1. The normalized spacial score (nSPS) is 12.3. The molecule has 0 saturated heterocycles. The van der Waals surface area contributed by atoms with Gasteiger partial charge < -0.3 is 15.6 Å². The van der Waals surface area contributed by atoms with Crippen molar-refractivity contribution in [2.45, 2.75) is 32.7 Å². The number of imidazole rings is 1. The van der Waals surface area contributed by atoms with E-state index in [9.17, 15) is 9.59 Å². The number of hydrogen-bond acceptors (Lipinski definition) is 4. The third-order valence-corrected chi connectivity index (χ3v) is 5.18. The van der Waals surface area contributed by atoms with Crippen LogP contribution in [0.3, 0.4) is 0 Å². The second kappa shape index (κ2) is 8.81. The number of carbonyl (C=O) groups is 2. The van der Waals surface area contributed by atoms with Gasteiger partial charge in [-0.1, -0.05) is 32.0 Å². The number of amides is 2. The summed E-state index contributed by atoms with van der Waals surface area (Å²) in [5.41, 5.74) is 1.97. The Labute approximate surface area is 162 Å². The van der Waals surface area contributed by atoms with E-state index >= 15 is 0 Å². The molecule has 6 nitrogen and oxygen atoms in total. The predicted molar refractivity (Wildman–Crippen MR) is 108 cm³/mol. The van der Waals surface area contributed by atoms with Crippen LogP contribution in [-0.2, 0) is 11.2 Å². The Morgan fingerprint density at radius 3 is 2.70 bits per heavy atom. The molecule has 0 radical (unpaired) electrons. The summed E-state index contributed by atoms with van der Waals surface area (Å²) in [4.78, 5) is 33.2. The molecule has 0 bridgehead atoms. The number of thiophene rings is 1. The summed E-state index contributed by atoms with van der Waals surface area (Å²) in [5, 5.41) is 7.61. The van der Waals surface area contributed by atoms with E-state index in [0.717, 1.165) is 29.7 Å². The van der Waals surface area contributed by atoms with Gasteiger partial charge in [0.15, 0.2) is 0 Å². The van der Waals surface area contributed by atoms with Gasteiger partial charge in [-0.15, -0.1) is 11.3 Å². The van der Waals surface area contributed by atoms with Gasteiger partial charge in [0, 0.05) is 13.0 Å². The molecule has 0 spiro atoms. The molecule has 2 heterocycles. The van der Waals surface area contributed by atoms with E-state index in [0.29, 0.717) is 11.4 Å². The molecule has 1 atom stereocenters. The second-order valence-electron chi connectivity index (χ2n) is 6.77. The molecule has 1 aromatic carbocycles. The van der Waals surface area contributed by atoms with Crippen molar-refractivity contribution in [1.82, 2.24) is 20.6 Å². The average molecular weight is 385 g/mol. The van der Waals surface area contributed by atoms with Crippen molar-refractivity contribution in [3.8, 4) is 0 Å². The van der Waals surface area contributed by atoms with Gasteiger partial charge in [0.25, 0.3) is 5.91 Å². The minimum Gasteiger partial charge on any atom is -0.354 e. The minimum atomic E-state index is -0.550. The second-order valence-corrected chi connectivity index (χ2v) is 7.72. The molecule has 2 aromatic heterocycles. The first kappa shape index (κ1) is 19.1. The number of aryl methyl sites for hydroxylation is 1. The zero-order chi connectivity index (χ0) is 19.2. The number of para-hydroxylation sites is 2. The topological polar surface area (TPSA) is 86.9 Å². The highest BCUT2D eigenvalue weighted by molar-refractivity contribution is 7.12. The van der Waals surface area contributed by atoms with E-state index in [-0.39, 0.29) is 17.7 Å². The smallest absolute Gasteiger partial charge is 0.262 e. The fourth-order valence-corrected chi connectivity index (χ4v) is 3.48. The Morgan fingerprint density at radius 1 is 1.19 bits per heavy atom. The third-order valence-electron chi connectivity index (χ3n) is 4.31. The third kappa shape index (κ3) is 4.95. The summed E-state index contributed by atoms with van der Waals surface area (Å²) in [6.07, 6.45) is 1.53. The molecule has 0 saturated carbocycles. The van der Waals surface area contributed by atoms with Crippen LogP contribution in [0.4, 0.5) is 0 Å². The maximum atomic E-state index is 12.5. The molecule has 7 heteroatoms. The highest BCUT2D eigenvalue weighted by atomic mass is 32.1. The van der Waals surface area contributed by atoms with Crippen LogP contribution in [0.5, 0.6) is 0 Å². The number of aromatic amines is 1. The van der Waals surface area contributed by atoms with Crippen LogP contribution >= 0.6 is 11.3 Å². The van der Waals surface area contributed by atoms with Crippen LogP contribution in [0.15, 0.2) is 41.8 Å². The lowest BCUT2D eigenvalue weighted by Gasteiger charge is -2.21. The Kier molecular flexibility index (Phi) is 6.24. The molecule has 3 aromatic rings. The molecular weight excluding hydrogens is 360 g/mol. The van der Waals surface area contributed by atoms with E-state index in [4.69, 9.17) is 0 Å². The fraction of sp³-hybridized carbons (Fsp3) is 0.350. The number of nitrogens with zero attached hydrogens (tertiary/aromatic N) is 1. The molecule has 0 aliphatic heterocycles. The van der Waals surface area contributed by atoms with Crippen LogP contribution in [0.25, 0.3) is 11.0 Å². The molecular formula is C20H24N4O2S. The largest absolute Gasteiger partial charge is 0.354 e. The first-order valence-electron chi connectivity index (χ1n) is 9.10. The molecule has 1 unspecified atom stereocenters. The van der Waals surface area contributed by atoms with Crippen LogP contribution in [-0.4, -0.2) is 34.4 Å². The zero-order valence-electron chi connectivity index (χ0n) is 15.5. The molecule has 0 aliphatic rings. The van der Waals surface area contributed by atoms with Crippen LogP contribution in [0.2, 0.25) is 0 Å². The highest BCUT2D eigenvalue weighted by Gasteiger charge is 2.24. The molecule has 2 amide bonds. The van der Waals surface area contributed by atoms with E-state index in [2.05, 4.69) is 20.6 Å². The number of fused-ring (bicyclic) bond motifs is 1. The van der Waals surface area contributed by atoms with Gasteiger partial charge in [-0.05, 0) is 35.9 Å². The van der Waals surface area contributed by atoms with Crippen LogP contribution in [0.1, 0.15) is 35.8 Å². The van der Waals surface area contributed by atoms with Crippen molar-refractivity contribution in [1.29, 1.82) is 0 Å². The summed E-state index contributed by atoms with van der Waals surface area (Å²) >= 11 is 1.36. The van der Waals surface area contributed by atoms with E-state index in [1.54, 1.807) is 6.07 Å². The first-order valence-corrected chi connectivity index (χ1v) is 9.98. The molecule has 3 rings (SSSR count). The molecule has 0 aliphatic carbocycles. The van der Waals surface area contributed by atoms with Gasteiger partial charge in [-0.3, -0.25) is 9.59 Å². The highest BCUT2D eigenvalue weighted by Crippen LogP contribution is 2.12. The predicted octanol–water partition coefficient (Wildman–Crippen LogP) is 3.13. The maximum absolute atomic E-state index is 12.5. The van der Waals surface area contributed by atoms with Crippen molar-refractivity contribution < 1.29 is 9.59 Å². The summed E-state index contributed by atoms with van der Waals surface area (Å²) in [5.74, 6) is 0.557. The lowest BCUT2D eigenvalue weighted by atomic mass is 10.0. The lowest BCUT2D eigenvalue weighted by molar-refractivity contribution is -0.123. The maximum Gasteiger partial charge on any atom is 0.262 e. The van der Waals surface area contributed by atoms with Gasteiger partial charge >= 0.3 is 0 Å². The zero-order valence-corrected chi connectivity index (χ0v) is 16.3. The first-order chi connectivity index (χ1) is 13.0. The fourth-order valence-electron chi connectivity index (χ4n) is 2.86. The van der Waals surface area contributed by atoms with Gasteiger partial charge in [-0.25, -0.2) is 4.98 Å². The average Bonchev–Trinajstić information content (AvgIpc) is 3.31. The number of aromatic nitrogens is 2. The molecule has 142 valence electrons. The lowest BCUT2D eigenvalue weighted by Crippen LogP contribution is -2.49. The molecule has 27 heavy (non-hydrogen) atoms. The number of H-pyrrole nitrogens is 1. The Balaban J connectivity index is 1.48. The van der Waals surface area contributed by atoms with Crippen molar-refractivity contribution in [2.24, 2.45) is 5.92 Å². The summed E-state index contributed by atoms with van der Waals surface area (Å²) in [7, 11) is 0. The SMILES string of the molecule is CC(C)C(NC(=O)c1cccs1)C(=O)NCCCc1nc2ccccc2[nH]1. The van der Waals surface area contributed by atoms with Gasteiger partial charge in [-0.2, -0.15) is 0 Å². The van der Waals surface area contributed by atoms with E-state index < -0.39 is 6.04 Å². The van der Waals surface area contributed by atoms with Crippen molar-refractivity contribution in [2.75, 3.05) is 6.54 Å². The quantitative estimate of drug-likeness (QED) is 0.522. The van der Waals surface area contributed by atoms with E-state index in [1.165, 1.54) is 11.3 Å². The summed E-state index contributed by atoms with van der Waals surface area (Å²) < 4.78 is 0. The molecule has 3 N–H and O–H groups in total. The number of hydrogen-bond donors (Lipinski definition) is 3. The minimum absolute atomic E-state index is 0.00397. The van der Waals surface area contributed by atoms with Crippen LogP contribution < -0.4 is 10.6 Å². The summed E-state index contributed by atoms with van der Waals surface area (Å²) in [6, 6.07) is 10.9.